The summed E-state index contributed by atoms with van der Waals surface area (Å²) in [4.78, 5) is 33.1. The molecule has 1 aliphatic heterocycles. The third-order valence-electron chi connectivity index (χ3n) is 6.48. The van der Waals surface area contributed by atoms with Gasteiger partial charge < -0.3 is 19.5 Å². The molecular weight excluding hydrogens is 492 g/mol. The van der Waals surface area contributed by atoms with Crippen LogP contribution in [0.5, 0.6) is 0 Å². The van der Waals surface area contributed by atoms with Gasteiger partial charge in [0.25, 0.3) is 17.8 Å². The summed E-state index contributed by atoms with van der Waals surface area (Å²) in [5, 5.41) is 10.5. The first kappa shape index (κ1) is 24.6. The number of oxazole rings is 1. The molecule has 0 radical (unpaired) electrons. The monoisotopic (exact) mass is 518 g/mol. The predicted octanol–water partition coefficient (Wildman–Crippen LogP) is 5.06. The Morgan fingerprint density at radius 3 is 2.51 bits per heavy atom. The molecule has 37 heavy (non-hydrogen) atoms. The highest BCUT2D eigenvalue weighted by Crippen LogP contribution is 2.30. The van der Waals surface area contributed by atoms with Gasteiger partial charge in [-0.2, -0.15) is 5.10 Å². The number of halogens is 1. The number of carbonyl (C=O) groups excluding carboxylic acids is 2. The van der Waals surface area contributed by atoms with Crippen molar-refractivity contribution in [1.82, 2.24) is 20.1 Å². The van der Waals surface area contributed by atoms with Crippen molar-refractivity contribution in [1.29, 1.82) is 0 Å². The van der Waals surface area contributed by atoms with Crippen molar-refractivity contribution in [3.05, 3.63) is 82.8 Å². The van der Waals surface area contributed by atoms with Crippen LogP contribution in [0.25, 0.3) is 11.3 Å². The zero-order valence-electron chi connectivity index (χ0n) is 20.6. The van der Waals surface area contributed by atoms with E-state index in [0.29, 0.717) is 47.1 Å². The normalized spacial score (nSPS) is 14.0. The van der Waals surface area contributed by atoms with Gasteiger partial charge in [0.2, 0.25) is 5.76 Å². The Morgan fingerprint density at radius 2 is 1.84 bits per heavy atom. The minimum atomic E-state index is -0.282. The lowest BCUT2D eigenvalue weighted by atomic mass is 9.89. The van der Waals surface area contributed by atoms with Crippen molar-refractivity contribution >= 4 is 35.1 Å². The first-order valence-corrected chi connectivity index (χ1v) is 12.4. The van der Waals surface area contributed by atoms with Gasteiger partial charge in [-0.1, -0.05) is 41.9 Å². The molecule has 2 aromatic carbocycles. The second-order valence-electron chi connectivity index (χ2n) is 9.19. The fourth-order valence-electron chi connectivity index (χ4n) is 4.42. The number of hydrogen-bond acceptors (Lipinski definition) is 6. The van der Waals surface area contributed by atoms with Crippen LogP contribution in [0, 0.1) is 0 Å². The van der Waals surface area contributed by atoms with E-state index in [2.05, 4.69) is 20.5 Å². The Labute approximate surface area is 219 Å². The summed E-state index contributed by atoms with van der Waals surface area (Å²) < 4.78 is 5.55. The van der Waals surface area contributed by atoms with Gasteiger partial charge in [-0.25, -0.2) is 4.98 Å². The quantitative estimate of drug-likeness (QED) is 0.369. The summed E-state index contributed by atoms with van der Waals surface area (Å²) in [7, 11) is 3.63. The topological polar surface area (TPSA) is 107 Å². The summed E-state index contributed by atoms with van der Waals surface area (Å²) in [5.41, 5.74) is 3.59. The molecule has 0 saturated carbocycles. The van der Waals surface area contributed by atoms with E-state index in [1.807, 2.05) is 61.5 Å². The number of nitrogens with zero attached hydrogens (tertiary/aromatic N) is 4. The number of likely N-dealkylation sites (tertiary alicyclic amines) is 1. The molecule has 10 heteroatoms. The summed E-state index contributed by atoms with van der Waals surface area (Å²) in [6.45, 7) is 1.29. The summed E-state index contributed by atoms with van der Waals surface area (Å²) >= 11 is 6.24. The number of carbonyl (C=O) groups is 2. The van der Waals surface area contributed by atoms with Crippen LogP contribution in [0.4, 0.5) is 11.7 Å². The molecule has 0 spiro atoms. The van der Waals surface area contributed by atoms with Gasteiger partial charge in [-0.3, -0.25) is 14.7 Å². The molecule has 1 saturated heterocycles. The largest absolute Gasteiger partial charge is 0.418 e. The zero-order chi connectivity index (χ0) is 25.9. The van der Waals surface area contributed by atoms with Gasteiger partial charge in [0, 0.05) is 38.4 Å². The lowest BCUT2D eigenvalue weighted by Gasteiger charge is -2.31. The second-order valence-corrected chi connectivity index (χ2v) is 9.60. The van der Waals surface area contributed by atoms with Gasteiger partial charge in [-0.15, -0.1) is 0 Å². The van der Waals surface area contributed by atoms with Gasteiger partial charge in [0.05, 0.1) is 16.9 Å². The minimum absolute atomic E-state index is 0.131. The number of H-pyrrole nitrogens is 1. The lowest BCUT2D eigenvalue weighted by molar-refractivity contribution is 0.0681. The van der Waals surface area contributed by atoms with Crippen LogP contribution < -0.4 is 10.2 Å². The van der Waals surface area contributed by atoms with Gasteiger partial charge in [-0.05, 0) is 48.6 Å². The molecule has 1 fully saturated rings. The number of amides is 2. The van der Waals surface area contributed by atoms with Gasteiger partial charge in [0.15, 0.2) is 0 Å². The van der Waals surface area contributed by atoms with Crippen molar-refractivity contribution < 1.29 is 14.0 Å². The fourth-order valence-corrected chi connectivity index (χ4v) is 4.66. The number of rotatable bonds is 6. The summed E-state index contributed by atoms with van der Waals surface area (Å²) in [6.07, 6.45) is 3.19. The Morgan fingerprint density at radius 1 is 1.11 bits per heavy atom. The highest BCUT2D eigenvalue weighted by Gasteiger charge is 2.27. The fraction of sp³-hybridized carbons (Fsp3) is 0.259. The number of aromatic amines is 1. The molecule has 190 valence electrons. The molecule has 2 aromatic heterocycles. The van der Waals surface area contributed by atoms with Crippen molar-refractivity contribution in [3.63, 3.8) is 0 Å². The van der Waals surface area contributed by atoms with E-state index in [9.17, 15) is 9.59 Å². The van der Waals surface area contributed by atoms with E-state index in [0.717, 1.165) is 18.4 Å². The van der Waals surface area contributed by atoms with Crippen molar-refractivity contribution in [2.45, 2.75) is 18.8 Å². The van der Waals surface area contributed by atoms with Crippen LogP contribution in [0.3, 0.4) is 0 Å². The van der Waals surface area contributed by atoms with E-state index in [-0.39, 0.29) is 17.6 Å². The molecule has 5 rings (SSSR count). The molecule has 2 amide bonds. The van der Waals surface area contributed by atoms with Crippen LogP contribution in [-0.4, -0.2) is 59.1 Å². The lowest BCUT2D eigenvalue weighted by Crippen LogP contribution is -2.37. The molecule has 4 aromatic rings. The predicted molar refractivity (Wildman–Crippen MR) is 142 cm³/mol. The number of piperidine rings is 1. The number of anilines is 2. The van der Waals surface area contributed by atoms with Crippen molar-refractivity contribution in [2.75, 3.05) is 37.4 Å². The molecule has 0 unspecified atom stereocenters. The Kier molecular flexibility index (Phi) is 6.96. The number of hydrogen-bond donors (Lipinski definition) is 2. The molecular formula is C27H27ClN6O3. The average molecular weight is 519 g/mol. The maximum atomic E-state index is 12.8. The number of nitrogens with one attached hydrogen (secondary N) is 2. The third-order valence-corrected chi connectivity index (χ3v) is 6.81. The van der Waals surface area contributed by atoms with E-state index < -0.39 is 0 Å². The van der Waals surface area contributed by atoms with Crippen molar-refractivity contribution in [2.24, 2.45) is 0 Å². The third kappa shape index (κ3) is 5.36. The zero-order valence-corrected chi connectivity index (χ0v) is 21.3. The first-order valence-electron chi connectivity index (χ1n) is 12.0. The van der Waals surface area contributed by atoms with E-state index in [1.165, 1.54) is 11.8 Å². The second kappa shape index (κ2) is 10.5. The van der Waals surface area contributed by atoms with Crippen LogP contribution in [0.15, 0.2) is 65.2 Å². The van der Waals surface area contributed by atoms with E-state index in [1.54, 1.807) is 17.0 Å². The van der Waals surface area contributed by atoms with E-state index in [4.69, 9.17) is 16.0 Å². The molecule has 0 aliphatic carbocycles. The molecule has 2 N–H and O–H groups in total. The smallest absolute Gasteiger partial charge is 0.297 e. The highest BCUT2D eigenvalue weighted by atomic mass is 35.5. The molecule has 9 nitrogen and oxygen atoms in total. The maximum absolute atomic E-state index is 12.8. The number of aromatic nitrogens is 3. The van der Waals surface area contributed by atoms with Crippen LogP contribution in [0.1, 0.15) is 45.4 Å². The highest BCUT2D eigenvalue weighted by molar-refractivity contribution is 6.33. The Hall–Kier alpha value is -4.11. The first-order chi connectivity index (χ1) is 17.9. The standard InChI is InChI=1S/C27H27ClN6O3/c1-33(2)27-29-16-24(37-27)26(36)34-13-11-18(12-14-34)17-7-9-19(10-8-17)30-25(35)23-15-22(31-32-23)20-5-3-4-6-21(20)28/h3-10,15-16,18H,11-14H2,1-2H3,(H,30,35)(H,31,32). The molecule has 1 aliphatic rings. The van der Waals surface area contributed by atoms with Crippen LogP contribution >= 0.6 is 11.6 Å². The molecule has 0 bridgehead atoms. The minimum Gasteiger partial charge on any atom is -0.418 e. The van der Waals surface area contributed by atoms with Gasteiger partial charge >= 0.3 is 0 Å². The Bertz CT molecular complexity index is 1400. The summed E-state index contributed by atoms with van der Waals surface area (Å²) in [6, 6.07) is 17.3. The van der Waals surface area contributed by atoms with Crippen LogP contribution in [0.2, 0.25) is 5.02 Å². The van der Waals surface area contributed by atoms with Crippen LogP contribution in [-0.2, 0) is 0 Å². The SMILES string of the molecule is CN(C)c1ncc(C(=O)N2CCC(c3ccc(NC(=O)c4cc(-c5ccccc5Cl)n[nH]4)cc3)CC2)o1. The Balaban J connectivity index is 1.16. The number of benzene rings is 2. The maximum Gasteiger partial charge on any atom is 0.297 e. The molecule has 0 atom stereocenters. The van der Waals surface area contributed by atoms with Gasteiger partial charge in [0.1, 0.15) is 5.69 Å². The molecule has 3 heterocycles. The van der Waals surface area contributed by atoms with Crippen molar-refractivity contribution in [3.8, 4) is 11.3 Å². The van der Waals surface area contributed by atoms with E-state index >= 15 is 0 Å². The summed E-state index contributed by atoms with van der Waals surface area (Å²) in [5.74, 6) is 0.189. The average Bonchev–Trinajstić information content (AvgIpc) is 3.60.